The van der Waals surface area contributed by atoms with Crippen LogP contribution >= 0.6 is 0 Å². The Labute approximate surface area is 75.7 Å². The van der Waals surface area contributed by atoms with Crippen LogP contribution in [-0.4, -0.2) is 12.6 Å². The number of alkyl halides is 1. The zero-order chi connectivity index (χ0) is 9.84. The molecule has 0 atom stereocenters. The zero-order valence-corrected chi connectivity index (χ0v) is 7.30. The molecule has 0 spiro atoms. The molecule has 0 aliphatic carbocycles. The summed E-state index contributed by atoms with van der Waals surface area (Å²) in [6, 6.07) is 5.09. The van der Waals surface area contributed by atoms with Crippen LogP contribution in [0.3, 0.4) is 0 Å². The minimum absolute atomic E-state index is 0.541. The number of amides is 1. The third-order valence-corrected chi connectivity index (χ3v) is 1.66. The van der Waals surface area contributed by atoms with Crippen molar-refractivity contribution < 1.29 is 9.18 Å². The number of nitrogens with two attached hydrogens (primary N) is 1. The maximum atomic E-state index is 11.9. The summed E-state index contributed by atoms with van der Waals surface area (Å²) in [5.74, 6) is -0.659. The highest BCUT2D eigenvalue weighted by molar-refractivity contribution is 5.92. The Hall–Kier alpha value is -1.58. The fraction of sp³-hybridized carbons (Fsp3) is 0.222. The Morgan fingerprint density at radius 3 is 2.92 bits per heavy atom. The van der Waals surface area contributed by atoms with Crippen LogP contribution in [0.5, 0.6) is 0 Å². The summed E-state index contributed by atoms with van der Waals surface area (Å²) in [7, 11) is 0. The normalized spacial score (nSPS) is 9.69. The van der Waals surface area contributed by atoms with E-state index in [0.29, 0.717) is 11.4 Å². The molecular weight excluding hydrogens is 171 g/mol. The van der Waals surface area contributed by atoms with Gasteiger partial charge in [-0.05, 0) is 24.6 Å². The Morgan fingerprint density at radius 1 is 1.62 bits per heavy atom. The van der Waals surface area contributed by atoms with Gasteiger partial charge in [-0.2, -0.15) is 0 Å². The molecule has 0 radical (unpaired) electrons. The molecular formula is C9H11FN2O. The lowest BCUT2D eigenvalue weighted by atomic mass is 10.2. The quantitative estimate of drug-likeness (QED) is 0.681. The minimum atomic E-state index is -1.02. The summed E-state index contributed by atoms with van der Waals surface area (Å²) in [6.45, 7) is 0.793. The molecule has 0 saturated carbocycles. The van der Waals surface area contributed by atoms with E-state index in [9.17, 15) is 9.18 Å². The van der Waals surface area contributed by atoms with Crippen molar-refractivity contribution in [1.29, 1.82) is 0 Å². The van der Waals surface area contributed by atoms with Crippen molar-refractivity contribution in [2.24, 2.45) is 0 Å². The summed E-state index contributed by atoms with van der Waals surface area (Å²) in [4.78, 5) is 10.7. The van der Waals surface area contributed by atoms with E-state index < -0.39 is 12.6 Å². The number of nitrogens with one attached hydrogen (secondary N) is 1. The monoisotopic (exact) mass is 182 g/mol. The van der Waals surface area contributed by atoms with Gasteiger partial charge in [-0.15, -0.1) is 0 Å². The van der Waals surface area contributed by atoms with Crippen molar-refractivity contribution in [3.05, 3.63) is 23.8 Å². The van der Waals surface area contributed by atoms with E-state index in [2.05, 4.69) is 5.32 Å². The number of carbonyl (C=O) groups excluding carboxylic acids is 1. The molecule has 3 N–H and O–H groups in total. The second-order valence-corrected chi connectivity index (χ2v) is 2.76. The number of halogens is 1. The molecule has 1 aromatic carbocycles. The second kappa shape index (κ2) is 3.89. The number of anilines is 2. The van der Waals surface area contributed by atoms with Crippen LogP contribution in [0, 0.1) is 6.92 Å². The van der Waals surface area contributed by atoms with Crippen molar-refractivity contribution >= 4 is 17.3 Å². The smallest absolute Gasteiger partial charge is 0.255 e. The predicted octanol–water partition coefficient (Wildman–Crippen LogP) is 1.49. The van der Waals surface area contributed by atoms with Gasteiger partial charge in [-0.3, -0.25) is 4.79 Å². The Balaban J connectivity index is 2.87. The van der Waals surface area contributed by atoms with Crippen molar-refractivity contribution in [2.45, 2.75) is 6.92 Å². The lowest BCUT2D eigenvalue weighted by Crippen LogP contribution is -2.14. The van der Waals surface area contributed by atoms with Crippen LogP contribution in [0.2, 0.25) is 0 Å². The molecule has 70 valence electrons. The van der Waals surface area contributed by atoms with Crippen LogP contribution in [0.15, 0.2) is 18.2 Å². The van der Waals surface area contributed by atoms with Crippen molar-refractivity contribution in [3.8, 4) is 0 Å². The van der Waals surface area contributed by atoms with Crippen molar-refractivity contribution in [3.63, 3.8) is 0 Å². The highest BCUT2D eigenvalue weighted by Gasteiger charge is 2.03. The fourth-order valence-electron chi connectivity index (χ4n) is 0.958. The van der Waals surface area contributed by atoms with Crippen LogP contribution in [0.4, 0.5) is 15.8 Å². The van der Waals surface area contributed by atoms with Gasteiger partial charge in [0.15, 0.2) is 6.67 Å². The molecule has 4 heteroatoms. The van der Waals surface area contributed by atoms with E-state index in [-0.39, 0.29) is 0 Å². The standard InChI is InChI=1S/C9H11FN2O/c1-6-2-3-7(11)4-8(6)12-9(13)5-10/h2-4H,5,11H2,1H3,(H,12,13). The van der Waals surface area contributed by atoms with Gasteiger partial charge in [-0.1, -0.05) is 6.07 Å². The zero-order valence-electron chi connectivity index (χ0n) is 7.30. The summed E-state index contributed by atoms with van der Waals surface area (Å²) < 4.78 is 11.9. The highest BCUT2D eigenvalue weighted by Crippen LogP contribution is 2.17. The number of carbonyl (C=O) groups is 1. The summed E-state index contributed by atoms with van der Waals surface area (Å²) in [5, 5.41) is 2.41. The van der Waals surface area contributed by atoms with Gasteiger partial charge in [0.25, 0.3) is 5.91 Å². The molecule has 0 saturated heterocycles. The van der Waals surface area contributed by atoms with Crippen LogP contribution in [-0.2, 0) is 4.79 Å². The number of benzene rings is 1. The SMILES string of the molecule is Cc1ccc(N)cc1NC(=O)CF. The molecule has 0 aromatic heterocycles. The van der Waals surface area contributed by atoms with E-state index >= 15 is 0 Å². The topological polar surface area (TPSA) is 55.1 Å². The summed E-state index contributed by atoms with van der Waals surface area (Å²) >= 11 is 0. The van der Waals surface area contributed by atoms with Crippen molar-refractivity contribution in [1.82, 2.24) is 0 Å². The largest absolute Gasteiger partial charge is 0.399 e. The molecule has 0 bridgehead atoms. The second-order valence-electron chi connectivity index (χ2n) is 2.76. The first-order chi connectivity index (χ1) is 6.13. The first kappa shape index (κ1) is 9.51. The molecule has 0 aliphatic rings. The van der Waals surface area contributed by atoms with Gasteiger partial charge in [-0.25, -0.2) is 4.39 Å². The van der Waals surface area contributed by atoms with E-state index in [1.165, 1.54) is 0 Å². The van der Waals surface area contributed by atoms with Gasteiger partial charge in [0.2, 0.25) is 0 Å². The lowest BCUT2D eigenvalue weighted by Gasteiger charge is -2.06. The third-order valence-electron chi connectivity index (χ3n) is 1.66. The van der Waals surface area contributed by atoms with E-state index in [4.69, 9.17) is 5.73 Å². The predicted molar refractivity (Wildman–Crippen MR) is 50.2 cm³/mol. The molecule has 1 aromatic rings. The van der Waals surface area contributed by atoms with Gasteiger partial charge < -0.3 is 11.1 Å². The van der Waals surface area contributed by atoms with E-state index in [1.54, 1.807) is 18.2 Å². The van der Waals surface area contributed by atoms with Crippen molar-refractivity contribution in [2.75, 3.05) is 17.7 Å². The van der Waals surface area contributed by atoms with E-state index in [1.807, 2.05) is 6.92 Å². The summed E-state index contributed by atoms with van der Waals surface area (Å²) in [5.41, 5.74) is 7.46. The third kappa shape index (κ3) is 2.43. The summed E-state index contributed by atoms with van der Waals surface area (Å²) in [6.07, 6.45) is 0. The maximum absolute atomic E-state index is 11.9. The van der Waals surface area contributed by atoms with Crippen LogP contribution in [0.1, 0.15) is 5.56 Å². The maximum Gasteiger partial charge on any atom is 0.255 e. The van der Waals surface area contributed by atoms with Gasteiger partial charge >= 0.3 is 0 Å². The van der Waals surface area contributed by atoms with Gasteiger partial charge in [0, 0.05) is 11.4 Å². The number of aryl methyl sites for hydroxylation is 1. The molecule has 0 heterocycles. The molecule has 0 unspecified atom stereocenters. The molecule has 0 fully saturated rings. The van der Waals surface area contributed by atoms with Gasteiger partial charge in [0.05, 0.1) is 0 Å². The highest BCUT2D eigenvalue weighted by atomic mass is 19.1. The number of rotatable bonds is 2. The molecule has 13 heavy (non-hydrogen) atoms. The molecule has 3 nitrogen and oxygen atoms in total. The molecule has 1 amide bonds. The van der Waals surface area contributed by atoms with Crippen LogP contribution in [0.25, 0.3) is 0 Å². The number of nitrogen functional groups attached to an aromatic ring is 1. The fourth-order valence-corrected chi connectivity index (χ4v) is 0.958. The van der Waals surface area contributed by atoms with Gasteiger partial charge in [0.1, 0.15) is 0 Å². The molecule has 0 aliphatic heterocycles. The lowest BCUT2D eigenvalue weighted by molar-refractivity contribution is -0.117. The van der Waals surface area contributed by atoms with Crippen LogP contribution < -0.4 is 11.1 Å². The first-order valence-electron chi connectivity index (χ1n) is 3.85. The Bertz CT molecular complexity index is 325. The Kier molecular flexibility index (Phi) is 2.84. The Morgan fingerprint density at radius 2 is 2.31 bits per heavy atom. The van der Waals surface area contributed by atoms with E-state index in [0.717, 1.165) is 5.56 Å². The average Bonchev–Trinajstić information content (AvgIpc) is 2.11. The number of hydrogen-bond donors (Lipinski definition) is 2. The number of hydrogen-bond acceptors (Lipinski definition) is 2. The average molecular weight is 182 g/mol. The minimum Gasteiger partial charge on any atom is -0.399 e. The first-order valence-corrected chi connectivity index (χ1v) is 3.85. The molecule has 1 rings (SSSR count).